The zero-order chi connectivity index (χ0) is 56.1. The highest BCUT2D eigenvalue weighted by Crippen LogP contribution is 2.38. The number of nitrogens with one attached hydrogen (secondary N) is 1. The molecule has 76 heavy (non-hydrogen) atoms. The second-order valence-corrected chi connectivity index (χ2v) is 20.3. The second-order valence-electron chi connectivity index (χ2n) is 20.3. The maximum atomic E-state index is 13.3. The van der Waals surface area contributed by atoms with Crippen LogP contribution < -0.4 is 11.1 Å². The summed E-state index contributed by atoms with van der Waals surface area (Å²) in [7, 11) is 0. The molecule has 0 unspecified atom stereocenters. The van der Waals surface area contributed by atoms with E-state index in [1.165, 1.54) is 13.0 Å². The van der Waals surface area contributed by atoms with Crippen molar-refractivity contribution in [3.8, 4) is 0 Å². The van der Waals surface area contributed by atoms with E-state index in [-0.39, 0.29) is 31.6 Å². The molecule has 424 valence electrons. The van der Waals surface area contributed by atoms with Gasteiger partial charge >= 0.3 is 11.9 Å². The summed E-state index contributed by atoms with van der Waals surface area (Å²) in [5.74, 6) is -7.71. The van der Waals surface area contributed by atoms with Gasteiger partial charge in [0.25, 0.3) is 0 Å². The molecule has 0 aliphatic carbocycles. The van der Waals surface area contributed by atoms with E-state index in [2.05, 4.69) is 5.32 Å². The average molecular weight is 1070 g/mol. The number of aliphatic hydroxyl groups is 10. The first-order chi connectivity index (χ1) is 36.0. The third-order valence-electron chi connectivity index (χ3n) is 13.9. The van der Waals surface area contributed by atoms with Crippen LogP contribution in [0.1, 0.15) is 84.6 Å². The summed E-state index contributed by atoms with van der Waals surface area (Å²) >= 11 is 0. The van der Waals surface area contributed by atoms with Crippen molar-refractivity contribution in [2.45, 2.75) is 189 Å². The zero-order valence-corrected chi connectivity index (χ0v) is 43.7. The van der Waals surface area contributed by atoms with E-state index in [0.29, 0.717) is 0 Å². The van der Waals surface area contributed by atoms with Gasteiger partial charge in [-0.05, 0) is 45.1 Å². The molecule has 0 radical (unpaired) electrons. The van der Waals surface area contributed by atoms with Gasteiger partial charge < -0.3 is 86.2 Å². The fourth-order valence-electron chi connectivity index (χ4n) is 9.34. The Morgan fingerprint density at radius 2 is 1.29 bits per heavy atom. The van der Waals surface area contributed by atoms with Gasteiger partial charge in [-0.25, -0.2) is 0 Å². The molecule has 2 bridgehead atoms. The highest BCUT2D eigenvalue weighted by molar-refractivity contribution is 5.82. The normalized spacial score (nSPS) is 40.9. The number of hydrogen-bond donors (Lipinski definition) is 13. The van der Waals surface area contributed by atoms with Crippen molar-refractivity contribution in [1.29, 1.82) is 0 Å². The molecule has 20 atom stereocenters. The highest BCUT2D eigenvalue weighted by atomic mass is 16.7. The molecule has 1 amide bonds. The summed E-state index contributed by atoms with van der Waals surface area (Å²) in [5.41, 5.74) is 7.00. The van der Waals surface area contributed by atoms with Crippen molar-refractivity contribution in [3.05, 3.63) is 121 Å². The van der Waals surface area contributed by atoms with Gasteiger partial charge in [-0.3, -0.25) is 14.4 Å². The number of carboxylic acid groups (broad SMARTS) is 1. The maximum Gasteiger partial charge on any atom is 0.311 e. The lowest BCUT2D eigenvalue weighted by molar-refractivity contribution is -0.309. The Morgan fingerprint density at radius 1 is 0.697 bits per heavy atom. The summed E-state index contributed by atoms with van der Waals surface area (Å²) in [5, 5.41) is 123. The van der Waals surface area contributed by atoms with Crippen LogP contribution in [0.2, 0.25) is 0 Å². The third kappa shape index (κ3) is 20.9. The number of hydrogen-bond acceptors (Lipinski definition) is 18. The fraction of sp³-hybridized carbons (Fsp3) is 0.589. The molecule has 20 nitrogen and oxygen atoms in total. The van der Waals surface area contributed by atoms with E-state index in [0.717, 1.165) is 5.56 Å². The molecular weight excluding hydrogens is 989 g/mol. The number of ether oxygens (including phenoxy) is 4. The molecule has 3 aliphatic heterocycles. The first-order valence-electron chi connectivity index (χ1n) is 26.0. The first-order valence-corrected chi connectivity index (χ1v) is 26.0. The number of fused-ring (bicyclic) bond motifs is 2. The minimum Gasteiger partial charge on any atom is -0.481 e. The van der Waals surface area contributed by atoms with Gasteiger partial charge in [0.2, 0.25) is 5.91 Å². The molecule has 14 N–H and O–H groups in total. The molecule has 3 heterocycles. The van der Waals surface area contributed by atoms with Gasteiger partial charge in [-0.1, -0.05) is 129 Å². The Kier molecular flexibility index (Phi) is 26.5. The zero-order valence-electron chi connectivity index (χ0n) is 43.7. The van der Waals surface area contributed by atoms with Crippen LogP contribution in [0.25, 0.3) is 0 Å². The monoisotopic (exact) mass is 1070 g/mol. The molecular formula is C56H82N2O18. The molecule has 0 aromatic heterocycles. The largest absolute Gasteiger partial charge is 0.481 e. The van der Waals surface area contributed by atoms with Crippen LogP contribution in [-0.2, 0) is 39.8 Å². The van der Waals surface area contributed by atoms with Crippen LogP contribution in [0.5, 0.6) is 0 Å². The highest BCUT2D eigenvalue weighted by Gasteiger charge is 2.51. The molecule has 1 aromatic carbocycles. The average Bonchev–Trinajstić information content (AvgIpc) is 3.34. The quantitative estimate of drug-likeness (QED) is 0.172. The second kappa shape index (κ2) is 31.6. The number of cyclic esters (lactones) is 1. The molecule has 1 aromatic rings. The smallest absolute Gasteiger partial charge is 0.311 e. The molecule has 4 rings (SSSR count). The Bertz CT molecular complexity index is 2150. The maximum absolute atomic E-state index is 13.3. The summed E-state index contributed by atoms with van der Waals surface area (Å²) in [4.78, 5) is 38.7. The number of carboxylic acids is 1. The molecule has 0 saturated carbocycles. The van der Waals surface area contributed by atoms with E-state index in [4.69, 9.17) is 24.7 Å². The summed E-state index contributed by atoms with van der Waals surface area (Å²) in [6.07, 6.45) is 1.92. The fourth-order valence-corrected chi connectivity index (χ4v) is 9.34. The van der Waals surface area contributed by atoms with Gasteiger partial charge in [-0.2, -0.15) is 0 Å². The van der Waals surface area contributed by atoms with E-state index in [1.807, 2.05) is 19.1 Å². The van der Waals surface area contributed by atoms with Crippen molar-refractivity contribution in [1.82, 2.24) is 5.32 Å². The number of amides is 1. The summed E-state index contributed by atoms with van der Waals surface area (Å²) in [6.45, 7) is 6.69. The van der Waals surface area contributed by atoms with E-state index >= 15 is 0 Å². The first kappa shape index (κ1) is 63.8. The number of esters is 1. The lowest BCUT2D eigenvalue weighted by Gasteiger charge is -2.45. The van der Waals surface area contributed by atoms with E-state index in [9.17, 15) is 70.6 Å². The molecule has 2 fully saturated rings. The number of carbonyl (C=O) groups is 3. The van der Waals surface area contributed by atoms with Crippen LogP contribution in [0, 0.1) is 17.8 Å². The van der Waals surface area contributed by atoms with E-state index in [1.54, 1.807) is 111 Å². The number of nitrogens with two attached hydrogens (primary N) is 1. The van der Waals surface area contributed by atoms with Crippen LogP contribution >= 0.6 is 0 Å². The predicted molar refractivity (Wildman–Crippen MR) is 279 cm³/mol. The van der Waals surface area contributed by atoms with Crippen molar-refractivity contribution in [2.24, 2.45) is 23.5 Å². The number of carbonyl (C=O) groups excluding carboxylic acids is 2. The Labute approximate surface area is 444 Å². The van der Waals surface area contributed by atoms with Gasteiger partial charge in [0.05, 0.1) is 79.5 Å². The van der Waals surface area contributed by atoms with Crippen LogP contribution in [-0.4, -0.2) is 178 Å². The number of allylic oxidation sites excluding steroid dienone is 12. The summed E-state index contributed by atoms with van der Waals surface area (Å²) < 4.78 is 23.6. The van der Waals surface area contributed by atoms with Crippen LogP contribution in [0.4, 0.5) is 0 Å². The lowest BCUT2D eigenvalue weighted by Crippen LogP contribution is -2.65. The molecule has 2 saturated heterocycles. The minimum atomic E-state index is -2.39. The van der Waals surface area contributed by atoms with Gasteiger partial charge in [-0.15, -0.1) is 0 Å². The van der Waals surface area contributed by atoms with Crippen LogP contribution in [0.3, 0.4) is 0 Å². The molecule has 20 heteroatoms. The number of aliphatic hydroxyl groups excluding tert-OH is 9. The van der Waals surface area contributed by atoms with Gasteiger partial charge in [0.1, 0.15) is 24.2 Å². The van der Waals surface area contributed by atoms with Crippen LogP contribution in [0.15, 0.2) is 115 Å². The lowest BCUT2D eigenvalue weighted by atomic mass is 9.82. The third-order valence-corrected chi connectivity index (χ3v) is 13.9. The minimum absolute atomic E-state index is 0.129. The summed E-state index contributed by atoms with van der Waals surface area (Å²) in [6, 6.07) is 6.60. The van der Waals surface area contributed by atoms with Crippen molar-refractivity contribution in [3.63, 3.8) is 0 Å². The standard InChI is InChI=1S/C56H82N2O18/c1-33-20-16-13-11-9-7-5-6-8-10-12-14-19-23-41(75-55-52(68)49(51(67)36(4)74-55)58-53(69)42(57)26-37-21-17-15-18-22-37)30-46-48(54(70)71)45(64)32-56(72,76-46)31-40(61)28-44(63)43(62)25-24-38(59)27-39(60)29-47(65)73-35(3)34(2)50(33)66/h5-23,33-36,38-46,48-52,55,59-64,66-68,72H,24-32,57H2,1-4H3,(H,58,69)(H,70,71)/b6-5+,9-7+,10-8+,13-11+,14-12+,20-16+,23-19+/t33-,34-,35-,36-,38+,39+,40-,41-,42-,43+,44+,45-,46-,48+,49-,50+,51+,52-,55-,56+/m0/s1. The van der Waals surface area contributed by atoms with Crippen molar-refractivity contribution < 1.29 is 89.5 Å². The van der Waals surface area contributed by atoms with Crippen molar-refractivity contribution in [2.75, 3.05) is 0 Å². The SMILES string of the molecule is C[C@@H]1[C@H](O)[C@@H](C)/C=C/C=C/C=C/C=C/C=C/C=C/C=C/[C@H](O[C@@H]2O[C@@H](C)[C@@H](O)[C@H](NC(=O)[C@@H](N)Cc3ccccc3)[C@@H]2O)C[C@@H]2O[C@](O)(C[C@@H](O)C[C@@H](O)[C@H](O)CC[C@@H](O)C[C@@H](O)CC(=O)O[C@H]1C)C[C@H](O)[C@H]2C(=O)O. The topological polar surface area (TPSA) is 349 Å². The van der Waals surface area contributed by atoms with E-state index < -0.39 is 165 Å². The Hall–Kier alpha value is -4.75. The number of benzene rings is 1. The number of rotatable bonds is 7. The Balaban J connectivity index is 1.59. The van der Waals surface area contributed by atoms with Gasteiger partial charge in [0, 0.05) is 37.5 Å². The Morgan fingerprint density at radius 3 is 1.89 bits per heavy atom. The number of aliphatic carboxylic acids is 1. The predicted octanol–water partition coefficient (Wildman–Crippen LogP) is 1.44. The van der Waals surface area contributed by atoms with Gasteiger partial charge in [0.15, 0.2) is 12.1 Å². The van der Waals surface area contributed by atoms with Crippen molar-refractivity contribution >= 4 is 17.8 Å². The molecule has 0 spiro atoms. The molecule has 3 aliphatic rings.